The van der Waals surface area contributed by atoms with Crippen LogP contribution in [0.5, 0.6) is 5.75 Å². The second-order valence-corrected chi connectivity index (χ2v) is 7.02. The molecule has 4 rings (SSSR count). The fourth-order valence-corrected chi connectivity index (χ4v) is 3.77. The van der Waals surface area contributed by atoms with Gasteiger partial charge in [-0.1, -0.05) is 12.1 Å². The van der Waals surface area contributed by atoms with E-state index < -0.39 is 0 Å². The lowest BCUT2D eigenvalue weighted by molar-refractivity contribution is -0.131. The zero-order valence-corrected chi connectivity index (χ0v) is 15.3. The lowest BCUT2D eigenvalue weighted by Crippen LogP contribution is -2.64. The number of nitriles is 1. The van der Waals surface area contributed by atoms with Crippen LogP contribution in [0, 0.1) is 11.3 Å². The lowest BCUT2D eigenvalue weighted by atomic mass is 10.0. The van der Waals surface area contributed by atoms with E-state index >= 15 is 0 Å². The molecule has 2 aliphatic heterocycles. The molecule has 1 unspecified atom stereocenters. The summed E-state index contributed by atoms with van der Waals surface area (Å²) in [6.07, 6.45) is 0. The van der Waals surface area contributed by atoms with Crippen LogP contribution in [0.4, 0.5) is 0 Å². The van der Waals surface area contributed by atoms with E-state index in [4.69, 9.17) is 5.26 Å². The summed E-state index contributed by atoms with van der Waals surface area (Å²) in [7, 11) is 0. The maximum atomic E-state index is 12.9. The minimum Gasteiger partial charge on any atom is -0.507 e. The zero-order valence-electron chi connectivity index (χ0n) is 15.3. The van der Waals surface area contributed by atoms with Crippen LogP contribution >= 0.6 is 0 Å². The van der Waals surface area contributed by atoms with Crippen molar-refractivity contribution in [2.24, 2.45) is 0 Å². The molecule has 2 aliphatic rings. The second kappa shape index (κ2) is 7.33. The summed E-state index contributed by atoms with van der Waals surface area (Å²) < 4.78 is 0. The molecule has 28 heavy (non-hydrogen) atoms. The highest BCUT2D eigenvalue weighted by Gasteiger charge is 2.36. The number of benzene rings is 2. The van der Waals surface area contributed by atoms with Crippen molar-refractivity contribution in [1.29, 1.82) is 5.26 Å². The van der Waals surface area contributed by atoms with Crippen LogP contribution in [0.3, 0.4) is 0 Å². The molecule has 2 aromatic rings. The Balaban J connectivity index is 1.52. The minimum absolute atomic E-state index is 0.0213. The third-order valence-electron chi connectivity index (χ3n) is 5.35. The van der Waals surface area contributed by atoms with Crippen LogP contribution in [0.1, 0.15) is 15.9 Å². The van der Waals surface area contributed by atoms with Crippen LogP contribution < -0.4 is 5.32 Å². The van der Waals surface area contributed by atoms with Gasteiger partial charge in [-0.05, 0) is 35.9 Å². The average molecular weight is 376 g/mol. The van der Waals surface area contributed by atoms with Crippen molar-refractivity contribution in [2.45, 2.75) is 6.04 Å². The lowest BCUT2D eigenvalue weighted by Gasteiger charge is -2.43. The first-order valence-electron chi connectivity index (χ1n) is 9.21. The first-order valence-corrected chi connectivity index (χ1v) is 9.21. The van der Waals surface area contributed by atoms with Crippen LogP contribution in [0.15, 0.2) is 42.5 Å². The standard InChI is InChI=1S/C21H20N4O3/c22-12-14-1-6-19(26)17(11-14)15-2-4-16(5-3-15)21(28)25-10-9-24-8-7-23-20(27)18(24)13-25/h1-6,11,18,26H,7-10,13H2,(H,23,27). The molecule has 0 aliphatic carbocycles. The number of hydrogen-bond acceptors (Lipinski definition) is 5. The molecule has 7 nitrogen and oxygen atoms in total. The Labute approximate surface area is 162 Å². The number of aromatic hydroxyl groups is 1. The van der Waals surface area contributed by atoms with Crippen LogP contribution in [0.2, 0.25) is 0 Å². The number of phenolic OH excluding ortho intramolecular Hbond substituents is 1. The largest absolute Gasteiger partial charge is 0.507 e. The van der Waals surface area contributed by atoms with E-state index in [-0.39, 0.29) is 23.6 Å². The first kappa shape index (κ1) is 18.0. The van der Waals surface area contributed by atoms with Gasteiger partial charge < -0.3 is 15.3 Å². The monoisotopic (exact) mass is 376 g/mol. The van der Waals surface area contributed by atoms with Gasteiger partial charge in [0.05, 0.1) is 11.6 Å². The van der Waals surface area contributed by atoms with Crippen LogP contribution in [0.25, 0.3) is 11.1 Å². The normalized spacial score (nSPS) is 19.5. The summed E-state index contributed by atoms with van der Waals surface area (Å²) in [5, 5.41) is 22.0. The number of carbonyl (C=O) groups excluding carboxylic acids is 2. The topological polar surface area (TPSA) is 96.7 Å². The van der Waals surface area contributed by atoms with Crippen molar-refractivity contribution < 1.29 is 14.7 Å². The zero-order chi connectivity index (χ0) is 19.7. The van der Waals surface area contributed by atoms with Crippen molar-refractivity contribution in [1.82, 2.24) is 15.1 Å². The Bertz CT molecular complexity index is 965. The molecular weight excluding hydrogens is 356 g/mol. The van der Waals surface area contributed by atoms with E-state index in [2.05, 4.69) is 16.3 Å². The molecule has 0 aromatic heterocycles. The summed E-state index contributed by atoms with van der Waals surface area (Å²) in [4.78, 5) is 28.8. The molecule has 0 saturated carbocycles. The van der Waals surface area contributed by atoms with Crippen molar-refractivity contribution in [3.05, 3.63) is 53.6 Å². The van der Waals surface area contributed by atoms with E-state index in [0.29, 0.717) is 42.9 Å². The molecular formula is C21H20N4O3. The van der Waals surface area contributed by atoms with E-state index in [1.165, 1.54) is 6.07 Å². The highest BCUT2D eigenvalue weighted by molar-refractivity contribution is 5.95. The van der Waals surface area contributed by atoms with Gasteiger partial charge in [0.2, 0.25) is 5.91 Å². The van der Waals surface area contributed by atoms with Gasteiger partial charge in [0, 0.05) is 43.9 Å². The van der Waals surface area contributed by atoms with E-state index in [9.17, 15) is 14.7 Å². The SMILES string of the molecule is N#Cc1ccc(O)c(-c2ccc(C(=O)N3CCN4CCNC(=O)C4C3)cc2)c1. The highest BCUT2D eigenvalue weighted by Crippen LogP contribution is 2.30. The highest BCUT2D eigenvalue weighted by atomic mass is 16.3. The Morgan fingerprint density at radius 3 is 2.68 bits per heavy atom. The molecule has 2 aromatic carbocycles. The average Bonchev–Trinajstić information content (AvgIpc) is 2.74. The van der Waals surface area contributed by atoms with Crippen molar-refractivity contribution >= 4 is 11.8 Å². The van der Waals surface area contributed by atoms with Crippen molar-refractivity contribution in [2.75, 3.05) is 32.7 Å². The molecule has 0 spiro atoms. The third-order valence-corrected chi connectivity index (χ3v) is 5.35. The molecule has 1 atom stereocenters. The Kier molecular flexibility index (Phi) is 4.72. The molecule has 2 saturated heterocycles. The molecule has 0 bridgehead atoms. The molecule has 0 radical (unpaired) electrons. The molecule has 142 valence electrons. The maximum Gasteiger partial charge on any atom is 0.253 e. The second-order valence-electron chi connectivity index (χ2n) is 7.02. The predicted molar refractivity (Wildman–Crippen MR) is 103 cm³/mol. The smallest absolute Gasteiger partial charge is 0.253 e. The van der Waals surface area contributed by atoms with E-state index in [1.807, 2.05) is 0 Å². The van der Waals surface area contributed by atoms with Gasteiger partial charge in [0.25, 0.3) is 5.91 Å². The van der Waals surface area contributed by atoms with E-state index in [0.717, 1.165) is 12.1 Å². The van der Waals surface area contributed by atoms with Gasteiger partial charge in [-0.2, -0.15) is 5.26 Å². The predicted octanol–water partition coefficient (Wildman–Crippen LogP) is 1.19. The Morgan fingerprint density at radius 1 is 1.14 bits per heavy atom. The van der Waals surface area contributed by atoms with E-state index in [1.54, 1.807) is 41.3 Å². The number of rotatable bonds is 2. The molecule has 2 heterocycles. The number of fused-ring (bicyclic) bond motifs is 1. The third kappa shape index (κ3) is 3.30. The van der Waals surface area contributed by atoms with Gasteiger partial charge in [0.15, 0.2) is 0 Å². The van der Waals surface area contributed by atoms with Crippen molar-refractivity contribution in [3.63, 3.8) is 0 Å². The van der Waals surface area contributed by atoms with Crippen LogP contribution in [-0.2, 0) is 4.79 Å². The number of nitrogens with one attached hydrogen (secondary N) is 1. The maximum absolute atomic E-state index is 12.9. The van der Waals surface area contributed by atoms with Gasteiger partial charge in [-0.25, -0.2) is 0 Å². The fraction of sp³-hybridized carbons (Fsp3) is 0.286. The first-order chi connectivity index (χ1) is 13.6. The number of nitrogens with zero attached hydrogens (tertiary/aromatic N) is 3. The van der Waals surface area contributed by atoms with Gasteiger partial charge >= 0.3 is 0 Å². The molecule has 2 fully saturated rings. The minimum atomic E-state index is -0.281. The number of piperazine rings is 2. The fourth-order valence-electron chi connectivity index (χ4n) is 3.77. The summed E-state index contributed by atoms with van der Waals surface area (Å²) in [6, 6.07) is 13.4. The Hall–Kier alpha value is -3.37. The van der Waals surface area contributed by atoms with Gasteiger partial charge in [-0.15, -0.1) is 0 Å². The molecule has 7 heteroatoms. The number of hydrogen-bond donors (Lipinski definition) is 2. The number of phenols is 1. The summed E-state index contributed by atoms with van der Waals surface area (Å²) in [5.74, 6) is -0.0518. The summed E-state index contributed by atoms with van der Waals surface area (Å²) in [6.45, 7) is 3.15. The van der Waals surface area contributed by atoms with Crippen molar-refractivity contribution in [3.8, 4) is 22.9 Å². The van der Waals surface area contributed by atoms with Gasteiger partial charge in [-0.3, -0.25) is 14.5 Å². The number of amides is 2. The van der Waals surface area contributed by atoms with Crippen LogP contribution in [-0.4, -0.2) is 65.5 Å². The van der Waals surface area contributed by atoms with Gasteiger partial charge in [0.1, 0.15) is 11.8 Å². The quantitative estimate of drug-likeness (QED) is 0.821. The molecule has 2 amide bonds. The molecule has 2 N–H and O–H groups in total. The number of carbonyl (C=O) groups is 2. The summed E-state index contributed by atoms with van der Waals surface area (Å²) >= 11 is 0. The summed E-state index contributed by atoms with van der Waals surface area (Å²) in [5.41, 5.74) is 2.26. The Morgan fingerprint density at radius 2 is 1.93 bits per heavy atom.